The Balaban J connectivity index is 2.11. The molecular weight excluding hydrogens is 192 g/mol. The molecule has 0 aromatic rings. The Bertz CT molecular complexity index is 162. The SMILES string of the molecule is OCCNC(=S)NC1COCCO1. The van der Waals surface area contributed by atoms with Crippen molar-refractivity contribution in [2.24, 2.45) is 0 Å². The van der Waals surface area contributed by atoms with Crippen LogP contribution in [0.1, 0.15) is 0 Å². The molecule has 5 nitrogen and oxygen atoms in total. The fourth-order valence-electron chi connectivity index (χ4n) is 0.938. The van der Waals surface area contributed by atoms with Crippen molar-refractivity contribution < 1.29 is 14.6 Å². The van der Waals surface area contributed by atoms with E-state index in [0.29, 0.717) is 31.5 Å². The molecule has 1 heterocycles. The maximum Gasteiger partial charge on any atom is 0.168 e. The number of rotatable bonds is 3. The van der Waals surface area contributed by atoms with E-state index in [1.807, 2.05) is 0 Å². The highest BCUT2D eigenvalue weighted by molar-refractivity contribution is 7.80. The van der Waals surface area contributed by atoms with Crippen molar-refractivity contribution in [2.75, 3.05) is 33.0 Å². The Hall–Kier alpha value is -0.430. The van der Waals surface area contributed by atoms with Crippen LogP contribution in [0, 0.1) is 0 Å². The van der Waals surface area contributed by atoms with Gasteiger partial charge in [0.15, 0.2) is 11.3 Å². The Morgan fingerprint density at radius 3 is 3.00 bits per heavy atom. The van der Waals surface area contributed by atoms with Gasteiger partial charge in [-0.3, -0.25) is 0 Å². The summed E-state index contributed by atoms with van der Waals surface area (Å²) in [5, 5.41) is 14.7. The number of hydrogen-bond donors (Lipinski definition) is 3. The van der Waals surface area contributed by atoms with Crippen molar-refractivity contribution in [3.8, 4) is 0 Å². The maximum atomic E-state index is 8.52. The van der Waals surface area contributed by atoms with Crippen LogP contribution in [0.5, 0.6) is 0 Å². The number of nitrogens with one attached hydrogen (secondary N) is 2. The van der Waals surface area contributed by atoms with Gasteiger partial charge in [-0.15, -0.1) is 0 Å². The molecule has 6 heteroatoms. The third-order valence-corrected chi connectivity index (χ3v) is 1.77. The van der Waals surface area contributed by atoms with Crippen LogP contribution in [-0.2, 0) is 9.47 Å². The topological polar surface area (TPSA) is 62.8 Å². The Labute approximate surface area is 82.4 Å². The Kier molecular flexibility index (Phi) is 4.99. The van der Waals surface area contributed by atoms with Crippen LogP contribution in [0.4, 0.5) is 0 Å². The van der Waals surface area contributed by atoms with Gasteiger partial charge in [-0.05, 0) is 12.2 Å². The first kappa shape index (κ1) is 10.6. The Morgan fingerprint density at radius 2 is 2.38 bits per heavy atom. The van der Waals surface area contributed by atoms with E-state index in [9.17, 15) is 0 Å². The minimum Gasteiger partial charge on any atom is -0.395 e. The Morgan fingerprint density at radius 1 is 1.54 bits per heavy atom. The zero-order valence-corrected chi connectivity index (χ0v) is 8.10. The zero-order valence-electron chi connectivity index (χ0n) is 7.28. The molecular formula is C7H14N2O3S. The summed E-state index contributed by atoms with van der Waals surface area (Å²) < 4.78 is 10.5. The predicted octanol–water partition coefficient (Wildman–Crippen LogP) is -1.18. The highest BCUT2D eigenvalue weighted by Crippen LogP contribution is 1.96. The number of aliphatic hydroxyl groups excluding tert-OH is 1. The fraction of sp³-hybridized carbons (Fsp3) is 0.857. The summed E-state index contributed by atoms with van der Waals surface area (Å²) in [5.74, 6) is 0. The largest absolute Gasteiger partial charge is 0.395 e. The second-order valence-corrected chi connectivity index (χ2v) is 2.97. The van der Waals surface area contributed by atoms with E-state index in [0.717, 1.165) is 0 Å². The van der Waals surface area contributed by atoms with Crippen LogP contribution in [0.3, 0.4) is 0 Å². The first-order valence-corrected chi connectivity index (χ1v) is 4.58. The van der Waals surface area contributed by atoms with E-state index < -0.39 is 0 Å². The number of hydrogen-bond acceptors (Lipinski definition) is 4. The lowest BCUT2D eigenvalue weighted by Crippen LogP contribution is -2.48. The van der Waals surface area contributed by atoms with Gasteiger partial charge in [-0.2, -0.15) is 0 Å². The lowest BCUT2D eigenvalue weighted by molar-refractivity contribution is -0.0938. The fourth-order valence-corrected chi connectivity index (χ4v) is 1.17. The van der Waals surface area contributed by atoms with Crippen LogP contribution in [-0.4, -0.2) is 49.4 Å². The van der Waals surface area contributed by atoms with Gasteiger partial charge in [0, 0.05) is 6.54 Å². The van der Waals surface area contributed by atoms with E-state index >= 15 is 0 Å². The highest BCUT2D eigenvalue weighted by Gasteiger charge is 2.14. The molecule has 1 saturated heterocycles. The zero-order chi connectivity index (χ0) is 9.52. The molecule has 3 N–H and O–H groups in total. The average Bonchev–Trinajstić information content (AvgIpc) is 2.16. The molecule has 0 amide bonds. The van der Waals surface area contributed by atoms with Crippen molar-refractivity contribution in [1.82, 2.24) is 10.6 Å². The van der Waals surface area contributed by atoms with Crippen molar-refractivity contribution >= 4 is 17.3 Å². The highest BCUT2D eigenvalue weighted by atomic mass is 32.1. The van der Waals surface area contributed by atoms with Gasteiger partial charge in [0.05, 0.1) is 26.4 Å². The minimum atomic E-state index is -0.174. The standard InChI is InChI=1S/C7H14N2O3S/c10-2-1-8-7(13)9-6-5-11-3-4-12-6/h6,10H,1-5H2,(H2,8,9,13). The summed E-state index contributed by atoms with van der Waals surface area (Å²) in [6, 6.07) is 0. The van der Waals surface area contributed by atoms with Gasteiger partial charge < -0.3 is 25.2 Å². The third-order valence-electron chi connectivity index (χ3n) is 1.51. The van der Waals surface area contributed by atoms with Gasteiger partial charge in [-0.25, -0.2) is 0 Å². The molecule has 76 valence electrons. The summed E-state index contributed by atoms with van der Waals surface area (Å²) in [5.41, 5.74) is 0. The third kappa shape index (κ3) is 4.37. The molecule has 1 unspecified atom stereocenters. The number of thiocarbonyl (C=S) groups is 1. The normalized spacial score (nSPS) is 22.4. The summed E-state index contributed by atoms with van der Waals surface area (Å²) in [6.07, 6.45) is -0.174. The van der Waals surface area contributed by atoms with Gasteiger partial charge in [0.1, 0.15) is 0 Å². The molecule has 0 aliphatic carbocycles. The van der Waals surface area contributed by atoms with Crippen LogP contribution in [0.2, 0.25) is 0 Å². The second kappa shape index (κ2) is 6.09. The first-order chi connectivity index (χ1) is 6.33. The van der Waals surface area contributed by atoms with Crippen LogP contribution < -0.4 is 10.6 Å². The molecule has 1 rings (SSSR count). The quantitative estimate of drug-likeness (QED) is 0.505. The van der Waals surface area contributed by atoms with E-state index in [1.54, 1.807) is 0 Å². The van der Waals surface area contributed by atoms with Crippen molar-refractivity contribution in [3.63, 3.8) is 0 Å². The summed E-state index contributed by atoms with van der Waals surface area (Å²) >= 11 is 4.93. The summed E-state index contributed by atoms with van der Waals surface area (Å²) in [7, 11) is 0. The van der Waals surface area contributed by atoms with Gasteiger partial charge in [0.25, 0.3) is 0 Å². The summed E-state index contributed by atoms with van der Waals surface area (Å²) in [4.78, 5) is 0. The molecule has 0 saturated carbocycles. The van der Waals surface area contributed by atoms with Crippen LogP contribution in [0.25, 0.3) is 0 Å². The van der Waals surface area contributed by atoms with Gasteiger partial charge in [0.2, 0.25) is 0 Å². The maximum absolute atomic E-state index is 8.52. The monoisotopic (exact) mass is 206 g/mol. The molecule has 1 aliphatic rings. The van der Waals surface area contributed by atoms with Crippen LogP contribution >= 0.6 is 12.2 Å². The number of ether oxygens (including phenoxy) is 2. The van der Waals surface area contributed by atoms with E-state index in [1.165, 1.54) is 0 Å². The predicted molar refractivity (Wildman–Crippen MR) is 51.4 cm³/mol. The smallest absolute Gasteiger partial charge is 0.168 e. The molecule has 0 aromatic carbocycles. The lowest BCUT2D eigenvalue weighted by Gasteiger charge is -2.24. The molecule has 0 spiro atoms. The molecule has 0 bridgehead atoms. The molecule has 0 aromatic heterocycles. The first-order valence-electron chi connectivity index (χ1n) is 4.17. The van der Waals surface area contributed by atoms with Gasteiger partial charge in [-0.1, -0.05) is 0 Å². The molecule has 1 atom stereocenters. The molecule has 1 fully saturated rings. The summed E-state index contributed by atoms with van der Waals surface area (Å²) in [6.45, 7) is 2.22. The molecule has 1 aliphatic heterocycles. The second-order valence-electron chi connectivity index (χ2n) is 2.56. The van der Waals surface area contributed by atoms with Gasteiger partial charge >= 0.3 is 0 Å². The van der Waals surface area contributed by atoms with Crippen molar-refractivity contribution in [3.05, 3.63) is 0 Å². The van der Waals surface area contributed by atoms with E-state index in [4.69, 9.17) is 26.8 Å². The number of aliphatic hydroxyl groups is 1. The lowest BCUT2D eigenvalue weighted by atomic mass is 10.5. The minimum absolute atomic E-state index is 0.0594. The molecule has 0 radical (unpaired) electrons. The van der Waals surface area contributed by atoms with E-state index in [-0.39, 0.29) is 12.8 Å². The van der Waals surface area contributed by atoms with Crippen molar-refractivity contribution in [1.29, 1.82) is 0 Å². The van der Waals surface area contributed by atoms with Crippen LogP contribution in [0.15, 0.2) is 0 Å². The molecule has 13 heavy (non-hydrogen) atoms. The van der Waals surface area contributed by atoms with E-state index in [2.05, 4.69) is 10.6 Å². The average molecular weight is 206 g/mol. The van der Waals surface area contributed by atoms with Crippen molar-refractivity contribution in [2.45, 2.75) is 6.23 Å².